The van der Waals surface area contributed by atoms with E-state index in [0.717, 1.165) is 0 Å². The first kappa shape index (κ1) is 25.7. The second-order valence-corrected chi connectivity index (χ2v) is 10.6. The second-order valence-electron chi connectivity index (χ2n) is 10.6. The molecule has 1 aliphatic rings. The van der Waals surface area contributed by atoms with Gasteiger partial charge in [-0.25, -0.2) is 14.8 Å². The number of aromatic nitrogens is 4. The third kappa shape index (κ3) is 5.11. The zero-order valence-corrected chi connectivity index (χ0v) is 22.0. The van der Waals surface area contributed by atoms with Crippen LogP contribution in [-0.2, 0) is 4.79 Å². The summed E-state index contributed by atoms with van der Waals surface area (Å²) in [6, 6.07) is 18.2. The number of nitriles is 1. The predicted octanol–water partition coefficient (Wildman–Crippen LogP) is 4.23. The number of para-hydroxylation sites is 1. The second kappa shape index (κ2) is 10.1. The summed E-state index contributed by atoms with van der Waals surface area (Å²) in [5, 5.41) is 9.59. The highest BCUT2D eigenvalue weighted by molar-refractivity contribution is 5.97. The number of amides is 1. The largest absolute Gasteiger partial charge is 0.457 e. The van der Waals surface area contributed by atoms with E-state index in [1.165, 1.54) is 10.9 Å². The molecule has 2 aromatic heterocycles. The van der Waals surface area contributed by atoms with Crippen LogP contribution in [0, 0.1) is 16.7 Å². The summed E-state index contributed by atoms with van der Waals surface area (Å²) in [5.74, 6) is 1.16. The zero-order chi connectivity index (χ0) is 27.7. The Labute approximate surface area is 225 Å². The van der Waals surface area contributed by atoms with Crippen molar-refractivity contribution in [2.75, 3.05) is 18.8 Å². The Bertz CT molecular complexity index is 1660. The van der Waals surface area contributed by atoms with Gasteiger partial charge < -0.3 is 15.4 Å². The summed E-state index contributed by atoms with van der Waals surface area (Å²) < 4.78 is 8.95. The van der Waals surface area contributed by atoms with Crippen LogP contribution in [0.5, 0.6) is 11.5 Å². The fourth-order valence-corrected chi connectivity index (χ4v) is 4.81. The van der Waals surface area contributed by atoms with Gasteiger partial charge in [0.25, 0.3) is 5.91 Å². The van der Waals surface area contributed by atoms with Crippen LogP contribution in [-0.4, -0.2) is 43.0 Å². The lowest BCUT2D eigenvalue weighted by molar-refractivity contribution is -0.125. The number of ether oxygens (including phenoxy) is 1. The first-order valence-electron chi connectivity index (χ1n) is 12.7. The van der Waals surface area contributed by atoms with E-state index in [9.17, 15) is 14.9 Å². The molecule has 3 heterocycles. The Hall–Kier alpha value is -4.91. The number of nitrogen functional groups attached to an aromatic ring is 1. The molecule has 0 aliphatic carbocycles. The smallest absolute Gasteiger partial charge is 0.335 e. The van der Waals surface area contributed by atoms with E-state index >= 15 is 0 Å². The molecule has 10 heteroatoms. The maximum atomic E-state index is 13.9. The number of carbonyl (C=O) groups excluding carboxylic acids is 1. The third-order valence-corrected chi connectivity index (χ3v) is 6.50. The molecule has 198 valence electrons. The summed E-state index contributed by atoms with van der Waals surface area (Å²) in [6.45, 7) is 6.49. The van der Waals surface area contributed by atoms with Gasteiger partial charge in [0, 0.05) is 13.1 Å². The number of nitrogens with two attached hydrogens (primary N) is 1. The van der Waals surface area contributed by atoms with Crippen LogP contribution in [0.25, 0.3) is 16.9 Å². The number of allylic oxidation sites excluding steroid dienone is 1. The number of nitrogens with zero attached hydrogens (tertiary/aromatic N) is 6. The lowest BCUT2D eigenvalue weighted by Crippen LogP contribution is -2.33. The van der Waals surface area contributed by atoms with E-state index in [1.54, 1.807) is 39.8 Å². The normalized spacial score (nSPS) is 15.9. The van der Waals surface area contributed by atoms with Crippen molar-refractivity contribution in [3.63, 3.8) is 0 Å². The minimum absolute atomic E-state index is 0.0994. The van der Waals surface area contributed by atoms with Crippen LogP contribution >= 0.6 is 0 Å². The highest BCUT2D eigenvalue weighted by Crippen LogP contribution is 2.29. The van der Waals surface area contributed by atoms with E-state index in [4.69, 9.17) is 10.5 Å². The molecule has 2 N–H and O–H groups in total. The molecule has 0 saturated carbocycles. The molecule has 0 spiro atoms. The Morgan fingerprint density at radius 3 is 2.46 bits per heavy atom. The Morgan fingerprint density at radius 2 is 1.79 bits per heavy atom. The Kier molecular flexibility index (Phi) is 6.66. The van der Waals surface area contributed by atoms with E-state index in [1.807, 2.05) is 57.2 Å². The van der Waals surface area contributed by atoms with E-state index in [-0.39, 0.29) is 41.0 Å². The molecule has 4 aromatic rings. The molecule has 1 fully saturated rings. The van der Waals surface area contributed by atoms with Crippen LogP contribution in [0.3, 0.4) is 0 Å². The van der Waals surface area contributed by atoms with Gasteiger partial charge in [-0.1, -0.05) is 45.0 Å². The molecule has 1 saturated heterocycles. The molecule has 5 rings (SSSR count). The summed E-state index contributed by atoms with van der Waals surface area (Å²) in [4.78, 5) is 37.1. The van der Waals surface area contributed by atoms with Crippen molar-refractivity contribution in [2.45, 2.75) is 33.2 Å². The summed E-state index contributed by atoms with van der Waals surface area (Å²) in [5.41, 5.74) is 7.06. The van der Waals surface area contributed by atoms with Gasteiger partial charge in [-0.05, 0) is 48.2 Å². The molecule has 0 radical (unpaired) electrons. The highest BCUT2D eigenvalue weighted by atomic mass is 16.5. The van der Waals surface area contributed by atoms with Crippen molar-refractivity contribution in [3.05, 3.63) is 83.1 Å². The van der Waals surface area contributed by atoms with Gasteiger partial charge in [-0.2, -0.15) is 5.26 Å². The Morgan fingerprint density at radius 1 is 1.10 bits per heavy atom. The lowest BCUT2D eigenvalue weighted by Gasteiger charge is -2.18. The van der Waals surface area contributed by atoms with Crippen molar-refractivity contribution in [1.29, 1.82) is 5.26 Å². The van der Waals surface area contributed by atoms with E-state index in [2.05, 4.69) is 9.97 Å². The molecule has 10 nitrogen and oxygen atoms in total. The van der Waals surface area contributed by atoms with Gasteiger partial charge in [-0.15, -0.1) is 0 Å². The first-order chi connectivity index (χ1) is 18.7. The van der Waals surface area contributed by atoms with Crippen LogP contribution in [0.15, 0.2) is 77.4 Å². The van der Waals surface area contributed by atoms with Crippen molar-refractivity contribution in [3.8, 4) is 23.3 Å². The quantitative estimate of drug-likeness (QED) is 0.306. The molecule has 1 aliphatic heterocycles. The summed E-state index contributed by atoms with van der Waals surface area (Å²) in [7, 11) is 0. The van der Waals surface area contributed by atoms with Gasteiger partial charge in [0.2, 0.25) is 0 Å². The SMILES string of the molecule is CC(C)(C)C=C(C#N)C(=O)N1CC[C@@H](n2c(=O)n(-c3ccc(Oc4ccccc4)cc3)c3c(N)ncnc32)C1. The highest BCUT2D eigenvalue weighted by Gasteiger charge is 2.33. The average molecular weight is 524 g/mol. The number of anilines is 1. The van der Waals surface area contributed by atoms with E-state index in [0.29, 0.717) is 41.3 Å². The third-order valence-electron chi connectivity index (χ3n) is 6.50. The summed E-state index contributed by atoms with van der Waals surface area (Å²) in [6.07, 6.45) is 3.54. The lowest BCUT2D eigenvalue weighted by atomic mass is 9.93. The fourth-order valence-electron chi connectivity index (χ4n) is 4.81. The maximum absolute atomic E-state index is 13.9. The number of imidazole rings is 1. The molecule has 1 atom stereocenters. The van der Waals surface area contributed by atoms with Crippen LogP contribution < -0.4 is 16.2 Å². The molecular formula is C29H29N7O3. The average Bonchev–Trinajstić information content (AvgIpc) is 3.50. The summed E-state index contributed by atoms with van der Waals surface area (Å²) >= 11 is 0. The number of rotatable bonds is 5. The zero-order valence-electron chi connectivity index (χ0n) is 22.0. The number of benzene rings is 2. The van der Waals surface area contributed by atoms with Gasteiger partial charge in [0.05, 0.1) is 11.7 Å². The number of carbonyl (C=O) groups is 1. The van der Waals surface area contributed by atoms with Crippen molar-refractivity contribution in [1.82, 2.24) is 24.0 Å². The molecule has 2 aromatic carbocycles. The van der Waals surface area contributed by atoms with Gasteiger partial charge in [-0.3, -0.25) is 13.9 Å². The van der Waals surface area contributed by atoms with Crippen LogP contribution in [0.4, 0.5) is 5.82 Å². The van der Waals surface area contributed by atoms with Crippen LogP contribution in [0.2, 0.25) is 0 Å². The predicted molar refractivity (Wildman–Crippen MR) is 147 cm³/mol. The molecule has 0 unspecified atom stereocenters. The minimum atomic E-state index is -0.338. The topological polar surface area (TPSA) is 132 Å². The number of likely N-dealkylation sites (tertiary alicyclic amines) is 1. The maximum Gasteiger partial charge on any atom is 0.335 e. The fraction of sp³-hybridized carbons (Fsp3) is 0.276. The van der Waals surface area contributed by atoms with Crippen molar-refractivity contribution in [2.24, 2.45) is 5.41 Å². The molecule has 0 bridgehead atoms. The van der Waals surface area contributed by atoms with Gasteiger partial charge in [0.15, 0.2) is 11.5 Å². The monoisotopic (exact) mass is 523 g/mol. The Balaban J connectivity index is 1.49. The van der Waals surface area contributed by atoms with Gasteiger partial charge >= 0.3 is 5.69 Å². The van der Waals surface area contributed by atoms with Gasteiger partial charge in [0.1, 0.15) is 35.0 Å². The number of hydrogen-bond donors (Lipinski definition) is 1. The standard InChI is InChI=1S/C29H29N7O3/c1-29(2,3)15-19(16-30)27(37)34-14-13-21(17-34)36-26-24(25(31)32-18-33-26)35(28(36)38)20-9-11-23(12-10-20)39-22-7-5-4-6-8-22/h4-12,15,18,21H,13-14,17H2,1-3H3,(H2,31,32,33)/t21-/m1/s1. The van der Waals surface area contributed by atoms with Crippen LogP contribution in [0.1, 0.15) is 33.2 Å². The first-order valence-corrected chi connectivity index (χ1v) is 12.7. The van der Waals surface area contributed by atoms with E-state index < -0.39 is 0 Å². The number of fused-ring (bicyclic) bond motifs is 1. The number of hydrogen-bond acceptors (Lipinski definition) is 7. The van der Waals surface area contributed by atoms with Crippen molar-refractivity contribution < 1.29 is 9.53 Å². The molecule has 1 amide bonds. The minimum Gasteiger partial charge on any atom is -0.457 e. The molecule has 39 heavy (non-hydrogen) atoms. The molecular weight excluding hydrogens is 494 g/mol. The van der Waals surface area contributed by atoms with Crippen molar-refractivity contribution >= 4 is 22.9 Å².